The molecule has 0 unspecified atom stereocenters. The first kappa shape index (κ1) is 25.9. The zero-order valence-corrected chi connectivity index (χ0v) is 19.5. The number of benzene rings is 2. The standard InChI is InChI=1S/C27H38O5/c1-31-26-17-15-22(18-27(26)32-2)14-16-25(30)19-24(29)11-7-6-10-23(20-28)13-12-21-8-4-3-5-9-21/h3-5,8-9,15,17-18,23-24,28-29H,6-7,10-14,16,19-20H2,1-2H3/t23-,24-/m0/s1. The molecule has 0 aromatic heterocycles. The molecular formula is C27H38O5. The number of ketones is 1. The maximum absolute atomic E-state index is 12.3. The molecule has 0 amide bonds. The van der Waals surface area contributed by atoms with Gasteiger partial charge in [-0.3, -0.25) is 4.79 Å². The number of unbranched alkanes of at least 4 members (excludes halogenated alkanes) is 1. The molecule has 2 aromatic carbocycles. The summed E-state index contributed by atoms with van der Waals surface area (Å²) in [4.78, 5) is 12.3. The number of hydrogen-bond acceptors (Lipinski definition) is 5. The van der Waals surface area contributed by atoms with Crippen LogP contribution in [0.1, 0.15) is 56.1 Å². The van der Waals surface area contributed by atoms with Crippen molar-refractivity contribution in [3.8, 4) is 11.5 Å². The van der Waals surface area contributed by atoms with E-state index in [-0.39, 0.29) is 24.7 Å². The lowest BCUT2D eigenvalue weighted by molar-refractivity contribution is -0.121. The van der Waals surface area contributed by atoms with Gasteiger partial charge in [-0.2, -0.15) is 0 Å². The summed E-state index contributed by atoms with van der Waals surface area (Å²) in [5.41, 5.74) is 2.31. The quantitative estimate of drug-likeness (QED) is 0.367. The number of aliphatic hydroxyl groups is 2. The summed E-state index contributed by atoms with van der Waals surface area (Å²) in [5, 5.41) is 19.9. The molecule has 0 spiro atoms. The third-order valence-electron chi connectivity index (χ3n) is 5.95. The Morgan fingerprint density at radius 3 is 2.28 bits per heavy atom. The van der Waals surface area contributed by atoms with Crippen LogP contribution in [0.15, 0.2) is 48.5 Å². The van der Waals surface area contributed by atoms with Gasteiger partial charge in [0.1, 0.15) is 5.78 Å². The Bertz CT molecular complexity index is 790. The fraction of sp³-hybridized carbons (Fsp3) is 0.519. The maximum atomic E-state index is 12.3. The van der Waals surface area contributed by atoms with Crippen molar-refractivity contribution in [3.63, 3.8) is 0 Å². The van der Waals surface area contributed by atoms with Gasteiger partial charge in [-0.25, -0.2) is 0 Å². The average Bonchev–Trinajstić information content (AvgIpc) is 2.82. The lowest BCUT2D eigenvalue weighted by Gasteiger charge is -2.15. The molecule has 176 valence electrons. The highest BCUT2D eigenvalue weighted by molar-refractivity contribution is 5.79. The number of aliphatic hydroxyl groups excluding tert-OH is 2. The number of carbonyl (C=O) groups is 1. The van der Waals surface area contributed by atoms with Crippen molar-refractivity contribution < 1.29 is 24.5 Å². The van der Waals surface area contributed by atoms with Crippen molar-refractivity contribution in [1.29, 1.82) is 0 Å². The first-order valence-corrected chi connectivity index (χ1v) is 11.6. The number of aryl methyl sites for hydroxylation is 2. The normalized spacial score (nSPS) is 12.9. The molecular weight excluding hydrogens is 404 g/mol. The van der Waals surface area contributed by atoms with Gasteiger partial charge in [0, 0.05) is 19.4 Å². The molecule has 0 aliphatic carbocycles. The highest BCUT2D eigenvalue weighted by Gasteiger charge is 2.13. The van der Waals surface area contributed by atoms with E-state index in [1.165, 1.54) is 5.56 Å². The van der Waals surface area contributed by atoms with Crippen molar-refractivity contribution in [2.45, 2.75) is 63.9 Å². The molecule has 0 saturated heterocycles. The Morgan fingerprint density at radius 2 is 1.59 bits per heavy atom. The average molecular weight is 443 g/mol. The van der Waals surface area contributed by atoms with Gasteiger partial charge in [-0.15, -0.1) is 0 Å². The van der Waals surface area contributed by atoms with Gasteiger partial charge in [-0.05, 0) is 61.3 Å². The van der Waals surface area contributed by atoms with E-state index in [1.807, 2.05) is 36.4 Å². The minimum atomic E-state index is -0.593. The lowest BCUT2D eigenvalue weighted by Crippen LogP contribution is -2.14. The number of rotatable bonds is 16. The Kier molecular flexibility index (Phi) is 11.8. The molecule has 2 aromatic rings. The predicted octanol–water partition coefficient (Wildman–Crippen LogP) is 4.76. The summed E-state index contributed by atoms with van der Waals surface area (Å²) >= 11 is 0. The van der Waals surface area contributed by atoms with Gasteiger partial charge < -0.3 is 19.7 Å². The van der Waals surface area contributed by atoms with Crippen LogP contribution in [0.5, 0.6) is 11.5 Å². The van der Waals surface area contributed by atoms with E-state index in [0.717, 1.165) is 37.7 Å². The largest absolute Gasteiger partial charge is 0.493 e. The summed E-state index contributed by atoms with van der Waals surface area (Å²) < 4.78 is 10.5. The molecule has 0 fully saturated rings. The van der Waals surface area contributed by atoms with Crippen molar-refractivity contribution in [2.75, 3.05) is 20.8 Å². The van der Waals surface area contributed by atoms with Gasteiger partial charge in [0.15, 0.2) is 11.5 Å². The van der Waals surface area contributed by atoms with E-state index in [4.69, 9.17) is 9.47 Å². The first-order chi connectivity index (χ1) is 15.5. The van der Waals surface area contributed by atoms with E-state index in [9.17, 15) is 15.0 Å². The fourth-order valence-corrected chi connectivity index (χ4v) is 3.94. The molecule has 32 heavy (non-hydrogen) atoms. The third-order valence-corrected chi connectivity index (χ3v) is 5.95. The van der Waals surface area contributed by atoms with Crippen LogP contribution in [0.25, 0.3) is 0 Å². The number of methoxy groups -OCH3 is 2. The molecule has 0 heterocycles. The zero-order chi connectivity index (χ0) is 23.2. The van der Waals surface area contributed by atoms with Crippen molar-refractivity contribution in [1.82, 2.24) is 0 Å². The van der Waals surface area contributed by atoms with Crippen LogP contribution < -0.4 is 9.47 Å². The van der Waals surface area contributed by atoms with Gasteiger partial charge >= 0.3 is 0 Å². The molecule has 5 heteroatoms. The minimum Gasteiger partial charge on any atom is -0.493 e. The third kappa shape index (κ3) is 9.41. The van der Waals surface area contributed by atoms with Crippen molar-refractivity contribution in [3.05, 3.63) is 59.7 Å². The summed E-state index contributed by atoms with van der Waals surface area (Å²) in [5.74, 6) is 1.68. The number of ether oxygens (including phenoxy) is 2. The molecule has 0 saturated carbocycles. The molecule has 0 aliphatic heterocycles. The Hall–Kier alpha value is -2.37. The van der Waals surface area contributed by atoms with E-state index in [2.05, 4.69) is 12.1 Å². The van der Waals surface area contributed by atoms with E-state index in [1.54, 1.807) is 14.2 Å². The smallest absolute Gasteiger partial charge is 0.160 e. The Labute approximate surface area is 192 Å². The summed E-state index contributed by atoms with van der Waals surface area (Å²) in [6.45, 7) is 0.198. The number of Topliss-reactive ketones (excluding diaryl/α,β-unsaturated/α-hetero) is 1. The van der Waals surface area contributed by atoms with E-state index >= 15 is 0 Å². The number of carbonyl (C=O) groups excluding carboxylic acids is 1. The maximum Gasteiger partial charge on any atom is 0.160 e. The molecule has 0 aliphatic rings. The summed E-state index contributed by atoms with van der Waals surface area (Å²) in [7, 11) is 3.19. The van der Waals surface area contributed by atoms with Crippen LogP contribution in [0, 0.1) is 5.92 Å². The van der Waals surface area contributed by atoms with E-state index < -0.39 is 6.10 Å². The SMILES string of the molecule is COc1ccc(CCC(=O)C[C@@H](O)CCCC[C@H](CO)CCc2ccccc2)cc1OC. The van der Waals surface area contributed by atoms with Crippen LogP contribution in [0.2, 0.25) is 0 Å². The fourth-order valence-electron chi connectivity index (χ4n) is 3.94. The second-order valence-electron chi connectivity index (χ2n) is 8.44. The molecule has 2 atom stereocenters. The van der Waals surface area contributed by atoms with Gasteiger partial charge in [0.25, 0.3) is 0 Å². The monoisotopic (exact) mass is 442 g/mol. The van der Waals surface area contributed by atoms with E-state index in [0.29, 0.717) is 30.8 Å². The predicted molar refractivity (Wildman–Crippen MR) is 127 cm³/mol. The summed E-state index contributed by atoms with van der Waals surface area (Å²) in [6, 6.07) is 16.0. The topological polar surface area (TPSA) is 76.0 Å². The van der Waals surface area contributed by atoms with Gasteiger partial charge in [0.05, 0.1) is 20.3 Å². The summed E-state index contributed by atoms with van der Waals surface area (Å²) in [6.07, 6.45) is 5.96. The first-order valence-electron chi connectivity index (χ1n) is 11.6. The molecule has 2 rings (SSSR count). The second-order valence-corrected chi connectivity index (χ2v) is 8.44. The van der Waals surface area contributed by atoms with Crippen molar-refractivity contribution >= 4 is 5.78 Å². The Balaban J connectivity index is 1.61. The lowest BCUT2D eigenvalue weighted by atomic mass is 9.94. The minimum absolute atomic E-state index is 0.0726. The second kappa shape index (κ2) is 14.6. The molecule has 0 bridgehead atoms. The molecule has 2 N–H and O–H groups in total. The van der Waals surface area contributed by atoms with Crippen LogP contribution in [-0.2, 0) is 17.6 Å². The van der Waals surface area contributed by atoms with Crippen LogP contribution in [0.3, 0.4) is 0 Å². The highest BCUT2D eigenvalue weighted by Crippen LogP contribution is 2.28. The highest BCUT2D eigenvalue weighted by atomic mass is 16.5. The molecule has 0 radical (unpaired) electrons. The van der Waals surface area contributed by atoms with Gasteiger partial charge in [0.2, 0.25) is 0 Å². The zero-order valence-electron chi connectivity index (χ0n) is 19.5. The number of hydrogen-bond donors (Lipinski definition) is 2. The molecule has 5 nitrogen and oxygen atoms in total. The van der Waals surface area contributed by atoms with Crippen LogP contribution >= 0.6 is 0 Å². The van der Waals surface area contributed by atoms with Crippen molar-refractivity contribution in [2.24, 2.45) is 5.92 Å². The van der Waals surface area contributed by atoms with Crippen LogP contribution in [0.4, 0.5) is 0 Å². The van der Waals surface area contributed by atoms with Gasteiger partial charge in [-0.1, -0.05) is 49.2 Å². The Morgan fingerprint density at radius 1 is 0.875 bits per heavy atom. The van der Waals surface area contributed by atoms with Crippen LogP contribution in [-0.4, -0.2) is 42.9 Å².